The van der Waals surface area contributed by atoms with E-state index in [1.165, 1.54) is 6.21 Å². The molecule has 2 aromatic carbocycles. The molecule has 4 heteroatoms. The number of fused-ring (bicyclic) bond motifs is 1. The van der Waals surface area contributed by atoms with E-state index in [0.29, 0.717) is 11.3 Å². The van der Waals surface area contributed by atoms with Crippen molar-refractivity contribution in [2.24, 2.45) is 4.99 Å². The third-order valence-corrected chi connectivity index (χ3v) is 4.64. The van der Waals surface area contributed by atoms with Gasteiger partial charge in [-0.05, 0) is 57.5 Å². The van der Waals surface area contributed by atoms with E-state index in [0.717, 1.165) is 23.4 Å². The fourth-order valence-electron chi connectivity index (χ4n) is 3.50. The Hall–Kier alpha value is -2.62. The molecule has 0 saturated heterocycles. The third-order valence-electron chi connectivity index (χ3n) is 4.64. The Morgan fingerprint density at radius 1 is 1.24 bits per heavy atom. The van der Waals surface area contributed by atoms with Crippen LogP contribution in [0.1, 0.15) is 38.8 Å². The predicted octanol–water partition coefficient (Wildman–Crippen LogP) is 5.30. The lowest BCUT2D eigenvalue weighted by Crippen LogP contribution is -2.45. The molecule has 1 aliphatic rings. The van der Waals surface area contributed by atoms with E-state index >= 15 is 0 Å². The number of anilines is 1. The van der Waals surface area contributed by atoms with E-state index in [4.69, 9.17) is 0 Å². The van der Waals surface area contributed by atoms with Gasteiger partial charge in [0.15, 0.2) is 0 Å². The molecule has 0 amide bonds. The van der Waals surface area contributed by atoms with Gasteiger partial charge < -0.3 is 10.0 Å². The van der Waals surface area contributed by atoms with Crippen LogP contribution < -0.4 is 4.90 Å². The maximum absolute atomic E-state index is 14.7. The zero-order chi connectivity index (χ0) is 18.2. The third kappa shape index (κ3) is 3.16. The molecule has 3 rings (SSSR count). The van der Waals surface area contributed by atoms with Gasteiger partial charge in [-0.3, -0.25) is 4.99 Å². The molecule has 25 heavy (non-hydrogen) atoms. The van der Waals surface area contributed by atoms with Crippen LogP contribution in [-0.2, 0) is 0 Å². The number of aliphatic imine (C=N–C) groups is 1. The number of allylic oxidation sites excluding steroid dienone is 1. The first-order valence-corrected chi connectivity index (χ1v) is 8.46. The average Bonchev–Trinajstić information content (AvgIpc) is 2.54. The van der Waals surface area contributed by atoms with Crippen LogP contribution in [0.3, 0.4) is 0 Å². The van der Waals surface area contributed by atoms with Gasteiger partial charge in [-0.25, -0.2) is 4.39 Å². The number of para-hydroxylation sites is 2. The minimum absolute atomic E-state index is 0.0760. The first-order chi connectivity index (χ1) is 11.8. The SMILES string of the molecule is CCN1c2cc(F)c(C=Nc3ccccc3O)cc2C(C)=CC1(C)C. The van der Waals surface area contributed by atoms with Crippen molar-refractivity contribution in [1.82, 2.24) is 0 Å². The number of benzene rings is 2. The second-order valence-corrected chi connectivity index (χ2v) is 6.86. The van der Waals surface area contributed by atoms with Crippen molar-refractivity contribution in [2.75, 3.05) is 11.4 Å². The summed E-state index contributed by atoms with van der Waals surface area (Å²) in [5.41, 5.74) is 3.73. The Bertz CT molecular complexity index is 868. The number of hydrogen-bond acceptors (Lipinski definition) is 3. The standard InChI is InChI=1S/C21H23FN2O/c1-5-24-19-11-17(22)15(10-16(19)14(2)12-21(24,3)4)13-23-18-8-6-7-9-20(18)25/h6-13,25H,5H2,1-4H3. The zero-order valence-corrected chi connectivity index (χ0v) is 15.0. The minimum Gasteiger partial charge on any atom is -0.506 e. The predicted molar refractivity (Wildman–Crippen MR) is 103 cm³/mol. The quantitative estimate of drug-likeness (QED) is 0.771. The molecular formula is C21H23FN2O. The molecule has 1 heterocycles. The van der Waals surface area contributed by atoms with Gasteiger partial charge in [0.2, 0.25) is 0 Å². The molecule has 0 spiro atoms. The van der Waals surface area contributed by atoms with Crippen molar-refractivity contribution < 1.29 is 9.50 Å². The summed E-state index contributed by atoms with van der Waals surface area (Å²) in [6.45, 7) is 9.19. The molecule has 0 atom stereocenters. The van der Waals surface area contributed by atoms with E-state index in [1.807, 2.05) is 6.07 Å². The van der Waals surface area contributed by atoms with Gasteiger partial charge in [0.25, 0.3) is 0 Å². The molecule has 0 radical (unpaired) electrons. The second-order valence-electron chi connectivity index (χ2n) is 6.86. The van der Waals surface area contributed by atoms with Gasteiger partial charge in [0, 0.05) is 29.6 Å². The summed E-state index contributed by atoms with van der Waals surface area (Å²) in [6, 6.07) is 10.2. The lowest BCUT2D eigenvalue weighted by molar-refractivity contribution is 0.477. The number of rotatable bonds is 3. The summed E-state index contributed by atoms with van der Waals surface area (Å²) in [5, 5.41) is 9.79. The van der Waals surface area contributed by atoms with Crippen molar-refractivity contribution >= 4 is 23.2 Å². The number of hydrogen-bond donors (Lipinski definition) is 1. The van der Waals surface area contributed by atoms with Gasteiger partial charge in [0.05, 0.1) is 5.54 Å². The summed E-state index contributed by atoms with van der Waals surface area (Å²) >= 11 is 0. The van der Waals surface area contributed by atoms with Crippen LogP contribution in [0.2, 0.25) is 0 Å². The summed E-state index contributed by atoms with van der Waals surface area (Å²) in [7, 11) is 0. The topological polar surface area (TPSA) is 35.8 Å². The Morgan fingerprint density at radius 3 is 2.64 bits per heavy atom. The lowest BCUT2D eigenvalue weighted by atomic mass is 9.88. The number of likely N-dealkylation sites (N-methyl/N-ethyl adjacent to an activating group) is 1. The van der Waals surface area contributed by atoms with E-state index < -0.39 is 0 Å². The van der Waals surface area contributed by atoms with E-state index in [2.05, 4.69) is 43.7 Å². The van der Waals surface area contributed by atoms with Crippen LogP contribution in [0.25, 0.3) is 5.57 Å². The van der Waals surface area contributed by atoms with Crippen molar-refractivity contribution in [2.45, 2.75) is 33.2 Å². The Labute approximate surface area is 148 Å². The highest BCUT2D eigenvalue weighted by Crippen LogP contribution is 2.39. The van der Waals surface area contributed by atoms with Crippen molar-refractivity contribution in [3.63, 3.8) is 0 Å². The number of halogens is 1. The minimum atomic E-state index is -0.318. The van der Waals surface area contributed by atoms with E-state index in [9.17, 15) is 9.50 Å². The van der Waals surface area contributed by atoms with Crippen LogP contribution in [0.15, 0.2) is 47.5 Å². The maximum atomic E-state index is 14.7. The fourth-order valence-corrected chi connectivity index (χ4v) is 3.50. The van der Waals surface area contributed by atoms with Crippen molar-refractivity contribution in [3.8, 4) is 5.75 Å². The lowest BCUT2D eigenvalue weighted by Gasteiger charge is -2.42. The van der Waals surface area contributed by atoms with Crippen LogP contribution in [0.4, 0.5) is 15.8 Å². The molecule has 1 aliphatic heterocycles. The second kappa shape index (κ2) is 6.36. The number of nitrogens with zero attached hydrogens (tertiary/aromatic N) is 2. The van der Waals surface area contributed by atoms with Crippen molar-refractivity contribution in [3.05, 3.63) is 59.4 Å². The molecule has 1 N–H and O–H groups in total. The van der Waals surface area contributed by atoms with Gasteiger partial charge in [0.1, 0.15) is 17.3 Å². The van der Waals surface area contributed by atoms with E-state index in [1.54, 1.807) is 30.3 Å². The van der Waals surface area contributed by atoms with Gasteiger partial charge in [-0.15, -0.1) is 0 Å². The molecule has 0 unspecified atom stereocenters. The molecule has 0 saturated carbocycles. The summed E-state index contributed by atoms with van der Waals surface area (Å²) in [6.07, 6.45) is 3.68. The van der Waals surface area contributed by atoms with Crippen LogP contribution in [-0.4, -0.2) is 23.4 Å². The van der Waals surface area contributed by atoms with E-state index in [-0.39, 0.29) is 17.1 Å². The Balaban J connectivity index is 2.05. The van der Waals surface area contributed by atoms with Crippen LogP contribution >= 0.6 is 0 Å². The number of aromatic hydroxyl groups is 1. The average molecular weight is 338 g/mol. The number of phenols is 1. The van der Waals surface area contributed by atoms with Gasteiger partial charge in [-0.1, -0.05) is 18.2 Å². The molecule has 3 nitrogen and oxygen atoms in total. The molecule has 0 aliphatic carbocycles. The highest BCUT2D eigenvalue weighted by molar-refractivity contribution is 5.89. The zero-order valence-electron chi connectivity index (χ0n) is 15.0. The highest BCUT2D eigenvalue weighted by atomic mass is 19.1. The molecule has 0 aromatic heterocycles. The monoisotopic (exact) mass is 338 g/mol. The molecule has 0 fully saturated rings. The molecular weight excluding hydrogens is 315 g/mol. The highest BCUT2D eigenvalue weighted by Gasteiger charge is 2.30. The fraction of sp³-hybridized carbons (Fsp3) is 0.286. The van der Waals surface area contributed by atoms with Gasteiger partial charge in [-0.2, -0.15) is 0 Å². The number of phenolic OH excluding ortho intramolecular Hbond substituents is 1. The summed E-state index contributed by atoms with van der Waals surface area (Å²) in [5.74, 6) is -0.242. The normalized spacial score (nSPS) is 16.0. The molecule has 130 valence electrons. The Kier molecular flexibility index (Phi) is 4.38. The molecule has 2 aromatic rings. The summed E-state index contributed by atoms with van der Waals surface area (Å²) < 4.78 is 14.7. The van der Waals surface area contributed by atoms with Gasteiger partial charge >= 0.3 is 0 Å². The first kappa shape index (κ1) is 17.2. The van der Waals surface area contributed by atoms with Crippen LogP contribution in [0, 0.1) is 5.82 Å². The summed E-state index contributed by atoms with van der Waals surface area (Å²) in [4.78, 5) is 6.43. The molecule has 0 bridgehead atoms. The Morgan fingerprint density at radius 2 is 1.96 bits per heavy atom. The van der Waals surface area contributed by atoms with Crippen molar-refractivity contribution in [1.29, 1.82) is 0 Å². The first-order valence-electron chi connectivity index (χ1n) is 8.46. The largest absolute Gasteiger partial charge is 0.506 e. The smallest absolute Gasteiger partial charge is 0.141 e. The maximum Gasteiger partial charge on any atom is 0.141 e. The van der Waals surface area contributed by atoms with Crippen LogP contribution in [0.5, 0.6) is 5.75 Å².